The number of ether oxygens (including phenoxy) is 2. The fraction of sp³-hybridized carbons (Fsp3) is 0.391. The van der Waals surface area contributed by atoms with Gasteiger partial charge in [-0.1, -0.05) is 13.0 Å². The number of anilines is 1. The molecule has 0 unspecified atom stereocenters. The highest BCUT2D eigenvalue weighted by Crippen LogP contribution is 2.38. The number of furan rings is 1. The maximum atomic E-state index is 13.1. The standard InChI is InChI=1S/C23H26N6O6S.H2/c1-15-13-23(2,14-24)28(21(15)30)10-12-36(31,32)27-22-26-25-20(18-9-6-11-35-18)29(22)19-16(33-3)7-5-8-17(19)34-4;/h5-9,11,15H,10,12-13H2,1-4H3,(H,26,27);1H/t15-,23+;/m1./s1. The summed E-state index contributed by atoms with van der Waals surface area (Å²) in [6, 6.07) is 10.6. The minimum Gasteiger partial charge on any atom is -0.494 e. The molecule has 36 heavy (non-hydrogen) atoms. The topological polar surface area (TPSA) is 153 Å². The first-order valence-electron chi connectivity index (χ1n) is 11.1. The predicted octanol–water partition coefficient (Wildman–Crippen LogP) is 2.68. The molecule has 0 aliphatic carbocycles. The van der Waals surface area contributed by atoms with Crippen molar-refractivity contribution in [2.45, 2.75) is 25.8 Å². The Labute approximate surface area is 210 Å². The van der Waals surface area contributed by atoms with Crippen molar-refractivity contribution in [3.8, 4) is 34.8 Å². The molecule has 1 amide bonds. The monoisotopic (exact) mass is 516 g/mol. The smallest absolute Gasteiger partial charge is 0.243 e. The Balaban J connectivity index is 0.00000380. The number of hydrogen-bond donors (Lipinski definition) is 1. The fourth-order valence-electron chi connectivity index (χ4n) is 4.35. The molecule has 0 radical (unpaired) electrons. The fourth-order valence-corrected chi connectivity index (χ4v) is 5.28. The van der Waals surface area contributed by atoms with Gasteiger partial charge in [0.1, 0.15) is 22.7 Å². The number of rotatable bonds is 9. The van der Waals surface area contributed by atoms with Gasteiger partial charge >= 0.3 is 0 Å². The van der Waals surface area contributed by atoms with Crippen LogP contribution in [0.4, 0.5) is 5.95 Å². The largest absolute Gasteiger partial charge is 0.494 e. The molecule has 2 aromatic heterocycles. The van der Waals surface area contributed by atoms with Gasteiger partial charge in [-0.05, 0) is 37.6 Å². The molecule has 4 rings (SSSR count). The molecule has 3 heterocycles. The second-order valence-corrected chi connectivity index (χ2v) is 10.4. The summed E-state index contributed by atoms with van der Waals surface area (Å²) in [6.07, 6.45) is 1.79. The number of para-hydroxylation sites is 1. The van der Waals surface area contributed by atoms with E-state index < -0.39 is 21.3 Å². The molecule has 3 aromatic rings. The van der Waals surface area contributed by atoms with E-state index in [1.54, 1.807) is 44.2 Å². The summed E-state index contributed by atoms with van der Waals surface area (Å²) in [5.74, 6) is 0.109. The van der Waals surface area contributed by atoms with E-state index in [4.69, 9.17) is 13.9 Å². The summed E-state index contributed by atoms with van der Waals surface area (Å²) in [5, 5.41) is 17.8. The Hall–Kier alpha value is -4.05. The van der Waals surface area contributed by atoms with Crippen LogP contribution in [0.25, 0.3) is 17.3 Å². The molecule has 0 bridgehead atoms. The number of carbonyl (C=O) groups is 1. The third-order valence-corrected chi connectivity index (χ3v) is 7.30. The van der Waals surface area contributed by atoms with Gasteiger partial charge in [0.05, 0.1) is 32.3 Å². The van der Waals surface area contributed by atoms with E-state index in [1.807, 2.05) is 0 Å². The van der Waals surface area contributed by atoms with Crippen LogP contribution in [0.15, 0.2) is 41.0 Å². The molecule has 12 nitrogen and oxygen atoms in total. The molecular weight excluding hydrogens is 488 g/mol. The number of amides is 1. The molecule has 1 N–H and O–H groups in total. The van der Waals surface area contributed by atoms with Crippen molar-refractivity contribution in [3.05, 3.63) is 36.6 Å². The minimum atomic E-state index is -4.04. The predicted molar refractivity (Wildman–Crippen MR) is 131 cm³/mol. The highest BCUT2D eigenvalue weighted by molar-refractivity contribution is 7.92. The quantitative estimate of drug-likeness (QED) is 0.452. The molecule has 1 aliphatic heterocycles. The van der Waals surface area contributed by atoms with Crippen molar-refractivity contribution in [3.63, 3.8) is 0 Å². The normalized spacial score (nSPS) is 19.8. The number of nitriles is 1. The number of nitrogens with one attached hydrogen (secondary N) is 1. The molecule has 1 fully saturated rings. The maximum Gasteiger partial charge on any atom is 0.243 e. The van der Waals surface area contributed by atoms with Crippen LogP contribution in [-0.2, 0) is 14.8 Å². The number of aromatic nitrogens is 3. The highest BCUT2D eigenvalue weighted by atomic mass is 32.2. The van der Waals surface area contributed by atoms with Crippen LogP contribution in [0.1, 0.15) is 21.7 Å². The van der Waals surface area contributed by atoms with Crippen molar-refractivity contribution < 1.29 is 28.5 Å². The molecule has 2 atom stereocenters. The molecule has 13 heteroatoms. The van der Waals surface area contributed by atoms with Crippen LogP contribution in [0, 0.1) is 17.2 Å². The highest BCUT2D eigenvalue weighted by Gasteiger charge is 2.46. The minimum absolute atomic E-state index is 0. The van der Waals surface area contributed by atoms with E-state index in [-0.39, 0.29) is 31.6 Å². The number of likely N-dealkylation sites (tertiary alicyclic amines) is 1. The van der Waals surface area contributed by atoms with Gasteiger partial charge in [0.2, 0.25) is 27.7 Å². The zero-order valence-electron chi connectivity index (χ0n) is 20.3. The number of benzene rings is 1. The van der Waals surface area contributed by atoms with Crippen LogP contribution < -0.4 is 14.2 Å². The summed E-state index contributed by atoms with van der Waals surface area (Å²) >= 11 is 0. The Morgan fingerprint density at radius 3 is 2.53 bits per heavy atom. The van der Waals surface area contributed by atoms with Crippen molar-refractivity contribution >= 4 is 21.9 Å². The summed E-state index contributed by atoms with van der Waals surface area (Å²) in [5.41, 5.74) is -0.708. The number of nitrogens with zero attached hydrogens (tertiary/aromatic N) is 5. The van der Waals surface area contributed by atoms with Gasteiger partial charge < -0.3 is 18.8 Å². The molecule has 0 saturated carbocycles. The molecule has 1 saturated heterocycles. The third-order valence-electron chi connectivity index (χ3n) is 6.09. The number of methoxy groups -OCH3 is 2. The van der Waals surface area contributed by atoms with Gasteiger partial charge in [-0.3, -0.25) is 14.1 Å². The van der Waals surface area contributed by atoms with Crippen molar-refractivity contribution in [2.24, 2.45) is 5.92 Å². The lowest BCUT2D eigenvalue weighted by Crippen LogP contribution is -2.45. The van der Waals surface area contributed by atoms with E-state index in [2.05, 4.69) is 21.0 Å². The second-order valence-electron chi connectivity index (χ2n) is 8.57. The molecular formula is C23H28N6O6S. The van der Waals surface area contributed by atoms with Gasteiger partial charge in [0.25, 0.3) is 0 Å². The maximum absolute atomic E-state index is 13.1. The number of sulfonamides is 1. The van der Waals surface area contributed by atoms with Gasteiger partial charge in [0, 0.05) is 13.9 Å². The van der Waals surface area contributed by atoms with Gasteiger partial charge in [-0.2, -0.15) is 5.26 Å². The van der Waals surface area contributed by atoms with Crippen LogP contribution in [-0.4, -0.2) is 66.0 Å². The van der Waals surface area contributed by atoms with Crippen molar-refractivity contribution in [1.29, 1.82) is 5.26 Å². The average molecular weight is 517 g/mol. The van der Waals surface area contributed by atoms with E-state index in [0.717, 1.165) is 0 Å². The molecule has 1 aliphatic rings. The van der Waals surface area contributed by atoms with Crippen LogP contribution in [0.5, 0.6) is 11.5 Å². The average Bonchev–Trinajstić information content (AvgIpc) is 3.57. The van der Waals surface area contributed by atoms with Crippen LogP contribution in [0.2, 0.25) is 0 Å². The molecule has 192 valence electrons. The van der Waals surface area contributed by atoms with Gasteiger partial charge in [-0.15, -0.1) is 10.2 Å². The zero-order valence-corrected chi connectivity index (χ0v) is 21.1. The Morgan fingerprint density at radius 1 is 1.25 bits per heavy atom. The number of carbonyl (C=O) groups excluding carboxylic acids is 1. The summed E-state index contributed by atoms with van der Waals surface area (Å²) in [7, 11) is -1.09. The van der Waals surface area contributed by atoms with Crippen LogP contribution >= 0.6 is 0 Å². The second kappa shape index (κ2) is 9.54. The Bertz CT molecular complexity index is 1400. The summed E-state index contributed by atoms with van der Waals surface area (Å²) in [6.45, 7) is 3.21. The SMILES string of the molecule is COc1cccc(OC)c1-n1c(NS(=O)(=O)CCN2C(=O)[C@H](C)C[C@@]2(C)C#N)nnc1-c1ccco1.[HH]. The van der Waals surface area contributed by atoms with Gasteiger partial charge in [0.15, 0.2) is 5.76 Å². The Morgan fingerprint density at radius 2 is 1.94 bits per heavy atom. The third kappa shape index (κ3) is 4.47. The molecule has 0 spiro atoms. The summed E-state index contributed by atoms with van der Waals surface area (Å²) < 4.78 is 46.6. The lowest BCUT2D eigenvalue weighted by molar-refractivity contribution is -0.132. The van der Waals surface area contributed by atoms with E-state index in [9.17, 15) is 18.5 Å². The van der Waals surface area contributed by atoms with E-state index in [0.29, 0.717) is 29.4 Å². The van der Waals surface area contributed by atoms with E-state index in [1.165, 1.54) is 29.9 Å². The summed E-state index contributed by atoms with van der Waals surface area (Å²) in [4.78, 5) is 13.9. The first-order valence-corrected chi connectivity index (χ1v) is 12.7. The number of hydrogen-bond acceptors (Lipinski definition) is 9. The van der Waals surface area contributed by atoms with Crippen molar-refractivity contribution in [2.75, 3.05) is 31.2 Å². The zero-order chi connectivity index (χ0) is 26.1. The lowest BCUT2D eigenvalue weighted by atomic mass is 9.97. The van der Waals surface area contributed by atoms with Gasteiger partial charge in [-0.25, -0.2) is 8.42 Å². The first kappa shape index (κ1) is 25.1. The van der Waals surface area contributed by atoms with E-state index >= 15 is 0 Å². The molecule has 1 aromatic carbocycles. The van der Waals surface area contributed by atoms with Crippen molar-refractivity contribution in [1.82, 2.24) is 19.7 Å². The lowest BCUT2D eigenvalue weighted by Gasteiger charge is -2.28. The Kier molecular flexibility index (Phi) is 6.64. The van der Waals surface area contributed by atoms with Crippen LogP contribution in [0.3, 0.4) is 0 Å². The first-order chi connectivity index (χ1) is 17.1.